The van der Waals surface area contributed by atoms with Gasteiger partial charge in [-0.25, -0.2) is 0 Å². The highest BCUT2D eigenvalue weighted by atomic mass is 35.5. The van der Waals surface area contributed by atoms with Crippen LogP contribution < -0.4 is 5.32 Å². The Labute approximate surface area is 183 Å². The van der Waals surface area contributed by atoms with Crippen LogP contribution in [0.3, 0.4) is 0 Å². The predicted molar refractivity (Wildman–Crippen MR) is 121 cm³/mol. The molecule has 29 heavy (non-hydrogen) atoms. The van der Waals surface area contributed by atoms with Crippen molar-refractivity contribution in [2.45, 2.75) is 51.1 Å². The molecule has 2 aromatic rings. The van der Waals surface area contributed by atoms with E-state index in [1.54, 1.807) is 24.0 Å². The average Bonchev–Trinajstić information content (AvgIpc) is 2.72. The van der Waals surface area contributed by atoms with Crippen molar-refractivity contribution in [3.63, 3.8) is 0 Å². The number of hydrogen-bond donors (Lipinski definition) is 1. The van der Waals surface area contributed by atoms with Gasteiger partial charge in [-0.05, 0) is 50.1 Å². The Hall–Kier alpha value is -1.98. The van der Waals surface area contributed by atoms with E-state index in [9.17, 15) is 9.59 Å². The number of benzene rings is 2. The largest absolute Gasteiger partial charge is 0.354 e. The number of rotatable bonds is 10. The fourth-order valence-corrected chi connectivity index (χ4v) is 3.68. The summed E-state index contributed by atoms with van der Waals surface area (Å²) in [5.41, 5.74) is 2.12. The second-order valence-electron chi connectivity index (χ2n) is 7.07. The number of carbonyl (C=O) groups excluding carboxylic acids is 2. The van der Waals surface area contributed by atoms with Crippen LogP contribution in [0.15, 0.2) is 53.4 Å². The van der Waals surface area contributed by atoms with E-state index in [1.807, 2.05) is 43.3 Å². The normalized spacial score (nSPS) is 11.7. The SMILES string of the molecule is CCCCNC(=O)[C@H](C)N(Cc1ccc(Cl)cc1)C(=O)CSc1ccc(C)cc1. The monoisotopic (exact) mass is 432 g/mol. The summed E-state index contributed by atoms with van der Waals surface area (Å²) in [6.45, 7) is 6.89. The molecule has 6 heteroatoms. The maximum absolute atomic E-state index is 13.0. The van der Waals surface area contributed by atoms with Crippen LogP contribution in [0.1, 0.15) is 37.8 Å². The molecule has 0 radical (unpaired) electrons. The minimum atomic E-state index is -0.548. The van der Waals surface area contributed by atoms with Gasteiger partial charge in [0.25, 0.3) is 0 Å². The maximum Gasteiger partial charge on any atom is 0.242 e. The fourth-order valence-electron chi connectivity index (χ4n) is 2.77. The fraction of sp³-hybridized carbons (Fsp3) is 0.391. The van der Waals surface area contributed by atoms with Gasteiger partial charge in [0.05, 0.1) is 5.75 Å². The molecule has 156 valence electrons. The highest BCUT2D eigenvalue weighted by molar-refractivity contribution is 8.00. The van der Waals surface area contributed by atoms with Crippen molar-refractivity contribution < 1.29 is 9.59 Å². The van der Waals surface area contributed by atoms with E-state index < -0.39 is 6.04 Å². The van der Waals surface area contributed by atoms with Crippen LogP contribution in [0.2, 0.25) is 5.02 Å². The van der Waals surface area contributed by atoms with Gasteiger partial charge in [0, 0.05) is 23.0 Å². The van der Waals surface area contributed by atoms with Gasteiger partial charge in [-0.3, -0.25) is 9.59 Å². The lowest BCUT2D eigenvalue weighted by Gasteiger charge is -2.28. The lowest BCUT2D eigenvalue weighted by molar-refractivity contribution is -0.138. The number of unbranched alkanes of at least 4 members (excludes halogenated alkanes) is 1. The second-order valence-corrected chi connectivity index (χ2v) is 8.56. The molecule has 1 atom stereocenters. The topological polar surface area (TPSA) is 49.4 Å². The molecule has 1 N–H and O–H groups in total. The first-order valence-corrected chi connectivity index (χ1v) is 11.3. The highest BCUT2D eigenvalue weighted by Gasteiger charge is 2.26. The minimum Gasteiger partial charge on any atom is -0.354 e. The molecule has 0 heterocycles. The van der Waals surface area contributed by atoms with Crippen molar-refractivity contribution in [3.05, 3.63) is 64.7 Å². The van der Waals surface area contributed by atoms with Crippen LogP contribution in [0.4, 0.5) is 0 Å². The van der Waals surface area contributed by atoms with Crippen LogP contribution in [0, 0.1) is 6.92 Å². The number of thioether (sulfide) groups is 1. The zero-order valence-electron chi connectivity index (χ0n) is 17.3. The summed E-state index contributed by atoms with van der Waals surface area (Å²) in [6.07, 6.45) is 1.93. The number of amides is 2. The van der Waals surface area contributed by atoms with E-state index in [0.29, 0.717) is 18.1 Å². The summed E-state index contributed by atoms with van der Waals surface area (Å²) < 4.78 is 0. The molecule has 0 aliphatic rings. The number of hydrogen-bond acceptors (Lipinski definition) is 3. The molecule has 0 unspecified atom stereocenters. The molecule has 0 aliphatic heterocycles. The van der Waals surface area contributed by atoms with Gasteiger partial charge in [-0.1, -0.05) is 54.8 Å². The van der Waals surface area contributed by atoms with Crippen molar-refractivity contribution in [2.75, 3.05) is 12.3 Å². The third-order valence-corrected chi connectivity index (χ3v) is 5.90. The first kappa shape index (κ1) is 23.3. The van der Waals surface area contributed by atoms with E-state index in [0.717, 1.165) is 23.3 Å². The van der Waals surface area contributed by atoms with Crippen molar-refractivity contribution in [1.82, 2.24) is 10.2 Å². The molecule has 4 nitrogen and oxygen atoms in total. The second kappa shape index (κ2) is 11.9. The van der Waals surface area contributed by atoms with Crippen molar-refractivity contribution in [1.29, 1.82) is 0 Å². The minimum absolute atomic E-state index is 0.0660. The van der Waals surface area contributed by atoms with E-state index >= 15 is 0 Å². The number of aryl methyl sites for hydroxylation is 1. The molecule has 2 rings (SSSR count). The zero-order chi connectivity index (χ0) is 21.2. The van der Waals surface area contributed by atoms with Crippen LogP contribution in [0.25, 0.3) is 0 Å². The van der Waals surface area contributed by atoms with Gasteiger partial charge < -0.3 is 10.2 Å². The average molecular weight is 433 g/mol. The third kappa shape index (κ3) is 7.75. The summed E-state index contributed by atoms with van der Waals surface area (Å²) in [5.74, 6) is 0.0910. The van der Waals surface area contributed by atoms with Crippen LogP contribution in [-0.2, 0) is 16.1 Å². The van der Waals surface area contributed by atoms with E-state index in [2.05, 4.69) is 12.2 Å². The lowest BCUT2D eigenvalue weighted by Crippen LogP contribution is -2.48. The van der Waals surface area contributed by atoms with Gasteiger partial charge in [0.15, 0.2) is 0 Å². The zero-order valence-corrected chi connectivity index (χ0v) is 18.9. The Bertz CT molecular complexity index is 794. The molecule has 0 aliphatic carbocycles. The Balaban J connectivity index is 2.08. The lowest BCUT2D eigenvalue weighted by atomic mass is 10.1. The summed E-state index contributed by atoms with van der Waals surface area (Å²) in [6, 6.07) is 14.9. The molecule has 0 bridgehead atoms. The van der Waals surface area contributed by atoms with Gasteiger partial charge >= 0.3 is 0 Å². The molecule has 0 fully saturated rings. The smallest absolute Gasteiger partial charge is 0.242 e. The van der Waals surface area contributed by atoms with E-state index in [4.69, 9.17) is 11.6 Å². The van der Waals surface area contributed by atoms with Gasteiger partial charge in [-0.2, -0.15) is 0 Å². The summed E-state index contributed by atoms with van der Waals surface area (Å²) in [5, 5.41) is 3.58. The van der Waals surface area contributed by atoms with Crippen LogP contribution >= 0.6 is 23.4 Å². The first-order chi connectivity index (χ1) is 13.9. The first-order valence-electron chi connectivity index (χ1n) is 9.91. The maximum atomic E-state index is 13.0. The third-order valence-electron chi connectivity index (χ3n) is 4.65. The van der Waals surface area contributed by atoms with Crippen molar-refractivity contribution >= 4 is 35.2 Å². The molecular weight excluding hydrogens is 404 g/mol. The Morgan fingerprint density at radius 3 is 2.38 bits per heavy atom. The number of nitrogens with zero attached hydrogens (tertiary/aromatic N) is 1. The number of halogens is 1. The van der Waals surface area contributed by atoms with Crippen molar-refractivity contribution in [3.8, 4) is 0 Å². The van der Waals surface area contributed by atoms with Crippen LogP contribution in [0.5, 0.6) is 0 Å². The molecule has 2 amide bonds. The van der Waals surface area contributed by atoms with Gasteiger partial charge in [0.1, 0.15) is 6.04 Å². The molecule has 0 spiro atoms. The molecule has 0 saturated heterocycles. The van der Waals surface area contributed by atoms with E-state index in [-0.39, 0.29) is 17.6 Å². The predicted octanol–water partition coefficient (Wildman–Crippen LogP) is 5.07. The number of carbonyl (C=O) groups is 2. The molecule has 2 aromatic carbocycles. The van der Waals surface area contributed by atoms with Crippen molar-refractivity contribution in [2.24, 2.45) is 0 Å². The molecular formula is C23H29ClN2O2S. The quantitative estimate of drug-likeness (QED) is 0.421. The summed E-state index contributed by atoms with van der Waals surface area (Å²) in [4.78, 5) is 28.3. The standard InChI is InChI=1S/C23H29ClN2O2S/c1-4-5-14-25-23(28)18(3)26(15-19-8-10-20(24)11-9-19)22(27)16-29-21-12-6-17(2)7-13-21/h6-13,18H,4-5,14-16H2,1-3H3,(H,25,28)/t18-/m0/s1. The Morgan fingerprint density at radius 2 is 1.76 bits per heavy atom. The van der Waals surface area contributed by atoms with E-state index in [1.165, 1.54) is 17.3 Å². The Kier molecular flexibility index (Phi) is 9.55. The Morgan fingerprint density at radius 1 is 1.10 bits per heavy atom. The molecule has 0 aromatic heterocycles. The highest BCUT2D eigenvalue weighted by Crippen LogP contribution is 2.20. The molecule has 0 saturated carbocycles. The summed E-state index contributed by atoms with van der Waals surface area (Å²) in [7, 11) is 0. The van der Waals surface area contributed by atoms with Gasteiger partial charge in [0.2, 0.25) is 11.8 Å². The van der Waals surface area contributed by atoms with Crippen LogP contribution in [-0.4, -0.2) is 35.1 Å². The number of nitrogens with one attached hydrogen (secondary N) is 1. The van der Waals surface area contributed by atoms with Gasteiger partial charge in [-0.15, -0.1) is 11.8 Å². The summed E-state index contributed by atoms with van der Waals surface area (Å²) >= 11 is 7.46.